The monoisotopic (exact) mass is 418 g/mol. The first-order valence-electron chi connectivity index (χ1n) is 9.08. The van der Waals surface area contributed by atoms with Crippen LogP contribution in [0.1, 0.15) is 15.9 Å². The average Bonchev–Trinajstić information content (AvgIpc) is 3.22. The summed E-state index contributed by atoms with van der Waals surface area (Å²) in [6.07, 6.45) is 1.48. The topological polar surface area (TPSA) is 85.2 Å². The van der Waals surface area contributed by atoms with E-state index in [1.807, 2.05) is 0 Å². The highest BCUT2D eigenvalue weighted by atomic mass is 19.4. The predicted molar refractivity (Wildman–Crippen MR) is 102 cm³/mol. The van der Waals surface area contributed by atoms with Crippen LogP contribution in [0.3, 0.4) is 0 Å². The number of nitrogens with one attached hydrogen (secondary N) is 1. The second-order valence-electron chi connectivity index (χ2n) is 6.54. The van der Waals surface area contributed by atoms with Crippen LogP contribution in [-0.4, -0.2) is 52.0 Å². The van der Waals surface area contributed by atoms with Gasteiger partial charge < -0.3 is 15.0 Å². The molecule has 0 bridgehead atoms. The highest BCUT2D eigenvalue weighted by Crippen LogP contribution is 2.29. The van der Waals surface area contributed by atoms with Gasteiger partial charge in [-0.15, -0.1) is 0 Å². The van der Waals surface area contributed by atoms with Crippen molar-refractivity contribution in [1.82, 2.24) is 19.7 Å². The van der Waals surface area contributed by atoms with E-state index < -0.39 is 17.6 Å². The number of carbonyl (C=O) groups excluding carboxylic acids is 1. The Labute approximate surface area is 169 Å². The van der Waals surface area contributed by atoms with Crippen LogP contribution in [0.15, 0.2) is 49.2 Å². The molecule has 30 heavy (non-hydrogen) atoms. The number of ether oxygens (including phenoxy) is 1. The van der Waals surface area contributed by atoms with Crippen LogP contribution < -0.4 is 10.2 Å². The number of alkyl halides is 3. The molecule has 3 heterocycles. The van der Waals surface area contributed by atoms with E-state index in [2.05, 4.69) is 25.3 Å². The standard InChI is InChI=1S/C19H17F3N6O2/c20-19(21,22)14-3-1-2-13(8-14)18(29)26-15-9-25-28(11-15)17-16(10-23-12-24-17)27-4-6-30-7-5-27/h1-3,8-12H,4-7H2,(H,26,29). The van der Waals surface area contributed by atoms with Crippen molar-refractivity contribution in [2.45, 2.75) is 6.18 Å². The van der Waals surface area contributed by atoms with Gasteiger partial charge in [0.25, 0.3) is 5.91 Å². The number of aromatic nitrogens is 4. The molecular formula is C19H17F3N6O2. The third-order valence-electron chi connectivity index (χ3n) is 4.53. The van der Waals surface area contributed by atoms with Crippen molar-refractivity contribution in [2.24, 2.45) is 0 Å². The minimum absolute atomic E-state index is 0.103. The summed E-state index contributed by atoms with van der Waals surface area (Å²) in [7, 11) is 0. The molecule has 0 aliphatic carbocycles. The molecule has 1 aliphatic rings. The van der Waals surface area contributed by atoms with Crippen LogP contribution >= 0.6 is 0 Å². The summed E-state index contributed by atoms with van der Waals surface area (Å²) in [5.41, 5.74) is 0.0965. The number of hydrogen-bond acceptors (Lipinski definition) is 6. The van der Waals surface area contributed by atoms with Gasteiger partial charge >= 0.3 is 6.18 Å². The van der Waals surface area contributed by atoms with Crippen molar-refractivity contribution >= 4 is 17.3 Å². The lowest BCUT2D eigenvalue weighted by Gasteiger charge is -2.29. The maximum Gasteiger partial charge on any atom is 0.416 e. The molecule has 1 aromatic carbocycles. The van der Waals surface area contributed by atoms with Gasteiger partial charge in [-0.3, -0.25) is 4.79 Å². The zero-order chi connectivity index (χ0) is 21.1. The Morgan fingerprint density at radius 2 is 1.97 bits per heavy atom. The van der Waals surface area contributed by atoms with Crippen LogP contribution in [-0.2, 0) is 10.9 Å². The summed E-state index contributed by atoms with van der Waals surface area (Å²) in [6, 6.07) is 4.23. The van der Waals surface area contributed by atoms with Gasteiger partial charge in [0.1, 0.15) is 12.0 Å². The van der Waals surface area contributed by atoms with Crippen LogP contribution in [0.25, 0.3) is 5.82 Å². The van der Waals surface area contributed by atoms with E-state index in [9.17, 15) is 18.0 Å². The molecule has 1 amide bonds. The average molecular weight is 418 g/mol. The number of amides is 1. The van der Waals surface area contributed by atoms with E-state index in [0.717, 1.165) is 17.8 Å². The fourth-order valence-corrected chi connectivity index (χ4v) is 3.06. The summed E-state index contributed by atoms with van der Waals surface area (Å²) in [4.78, 5) is 22.8. The number of benzene rings is 1. The largest absolute Gasteiger partial charge is 0.416 e. The molecule has 0 radical (unpaired) electrons. The maximum absolute atomic E-state index is 12.9. The zero-order valence-corrected chi connectivity index (χ0v) is 15.6. The molecule has 1 saturated heterocycles. The summed E-state index contributed by atoms with van der Waals surface area (Å²) < 4.78 is 45.5. The molecule has 0 unspecified atom stereocenters. The second-order valence-corrected chi connectivity index (χ2v) is 6.54. The highest BCUT2D eigenvalue weighted by Gasteiger charge is 2.31. The SMILES string of the molecule is O=C(Nc1cnn(-c2ncncc2N2CCOCC2)c1)c1cccc(C(F)(F)F)c1. The first kappa shape index (κ1) is 19.8. The van der Waals surface area contributed by atoms with Crippen LogP contribution in [0, 0.1) is 0 Å². The maximum atomic E-state index is 12.9. The third kappa shape index (κ3) is 4.25. The van der Waals surface area contributed by atoms with Crippen molar-refractivity contribution in [3.8, 4) is 5.82 Å². The number of halogens is 3. The number of carbonyl (C=O) groups is 1. The van der Waals surface area contributed by atoms with Gasteiger partial charge in [0.15, 0.2) is 5.82 Å². The first-order valence-corrected chi connectivity index (χ1v) is 9.08. The first-order chi connectivity index (χ1) is 14.4. The highest BCUT2D eigenvalue weighted by molar-refractivity contribution is 6.04. The Morgan fingerprint density at radius 3 is 2.73 bits per heavy atom. The van der Waals surface area contributed by atoms with Gasteiger partial charge in [-0.2, -0.15) is 18.3 Å². The summed E-state index contributed by atoms with van der Waals surface area (Å²) in [5.74, 6) is -0.150. The van der Waals surface area contributed by atoms with Gasteiger partial charge in [-0.25, -0.2) is 14.6 Å². The lowest BCUT2D eigenvalue weighted by atomic mass is 10.1. The van der Waals surface area contributed by atoms with E-state index in [1.165, 1.54) is 35.5 Å². The molecule has 0 saturated carbocycles. The van der Waals surface area contributed by atoms with Gasteiger partial charge in [-0.1, -0.05) is 6.07 Å². The van der Waals surface area contributed by atoms with Gasteiger partial charge in [0.05, 0.1) is 43.1 Å². The summed E-state index contributed by atoms with van der Waals surface area (Å²) >= 11 is 0. The molecule has 8 nitrogen and oxygen atoms in total. The molecule has 11 heteroatoms. The Morgan fingerprint density at radius 1 is 1.17 bits per heavy atom. The quantitative estimate of drug-likeness (QED) is 0.702. The lowest BCUT2D eigenvalue weighted by Crippen LogP contribution is -2.37. The van der Waals surface area contributed by atoms with Gasteiger partial charge in [-0.05, 0) is 18.2 Å². The smallest absolute Gasteiger partial charge is 0.378 e. The van der Waals surface area contributed by atoms with Gasteiger partial charge in [0.2, 0.25) is 0 Å². The van der Waals surface area contributed by atoms with Crippen LogP contribution in [0.4, 0.5) is 24.5 Å². The Bertz CT molecular complexity index is 1050. The van der Waals surface area contributed by atoms with E-state index in [1.54, 1.807) is 6.20 Å². The molecule has 0 atom stereocenters. The second kappa shape index (κ2) is 8.11. The van der Waals surface area contributed by atoms with E-state index in [4.69, 9.17) is 4.74 Å². The molecule has 1 fully saturated rings. The molecule has 2 aromatic heterocycles. The summed E-state index contributed by atoms with van der Waals surface area (Å²) in [5, 5.41) is 6.78. The Balaban J connectivity index is 1.54. The molecule has 3 aromatic rings. The minimum atomic E-state index is -4.52. The number of morpholine rings is 1. The lowest BCUT2D eigenvalue weighted by molar-refractivity contribution is -0.137. The number of nitrogens with zero attached hydrogens (tertiary/aromatic N) is 5. The zero-order valence-electron chi connectivity index (χ0n) is 15.6. The predicted octanol–water partition coefficient (Wildman–Crippen LogP) is 2.77. The van der Waals surface area contributed by atoms with E-state index in [0.29, 0.717) is 37.8 Å². The van der Waals surface area contributed by atoms with Crippen molar-refractivity contribution in [3.63, 3.8) is 0 Å². The Kier molecular flexibility index (Phi) is 5.36. The normalized spacial score (nSPS) is 14.6. The number of anilines is 2. The van der Waals surface area contributed by atoms with Crippen molar-refractivity contribution in [1.29, 1.82) is 0 Å². The Hall–Kier alpha value is -3.47. The summed E-state index contributed by atoms with van der Waals surface area (Å²) in [6.45, 7) is 2.54. The molecule has 4 rings (SSSR count). The van der Waals surface area contributed by atoms with Gasteiger partial charge in [0, 0.05) is 18.7 Å². The van der Waals surface area contributed by atoms with Crippen molar-refractivity contribution < 1.29 is 22.7 Å². The van der Waals surface area contributed by atoms with E-state index in [-0.39, 0.29) is 5.56 Å². The van der Waals surface area contributed by atoms with Crippen molar-refractivity contribution in [3.05, 3.63) is 60.3 Å². The molecular weight excluding hydrogens is 401 g/mol. The van der Waals surface area contributed by atoms with Crippen molar-refractivity contribution in [2.75, 3.05) is 36.5 Å². The van der Waals surface area contributed by atoms with E-state index >= 15 is 0 Å². The molecule has 1 N–H and O–H groups in total. The number of hydrogen-bond donors (Lipinski definition) is 1. The minimum Gasteiger partial charge on any atom is -0.378 e. The fourth-order valence-electron chi connectivity index (χ4n) is 3.06. The molecule has 0 spiro atoms. The van der Waals surface area contributed by atoms with Crippen LogP contribution in [0.2, 0.25) is 0 Å². The fraction of sp³-hybridized carbons (Fsp3) is 0.263. The molecule has 1 aliphatic heterocycles. The van der Waals surface area contributed by atoms with Crippen LogP contribution in [0.5, 0.6) is 0 Å². The number of rotatable bonds is 4. The third-order valence-corrected chi connectivity index (χ3v) is 4.53. The molecule has 156 valence electrons.